The molecule has 0 saturated carbocycles. The Bertz CT molecular complexity index is 769. The van der Waals surface area contributed by atoms with Crippen molar-refractivity contribution in [2.75, 3.05) is 67.1 Å². The minimum atomic E-state index is 0.142. The molecular weight excluding hydrogens is 342 g/mol. The molecule has 4 rings (SSSR count). The average Bonchev–Trinajstić information content (AvgIpc) is 2.75. The van der Waals surface area contributed by atoms with E-state index in [9.17, 15) is 4.79 Å². The van der Waals surface area contributed by atoms with Crippen LogP contribution in [0.2, 0.25) is 0 Å². The molecule has 0 aromatic carbocycles. The number of carbonyl (C=O) groups is 1. The summed E-state index contributed by atoms with van der Waals surface area (Å²) in [5.41, 5.74) is 0. The second-order valence-electron chi connectivity index (χ2n) is 6.89. The third-order valence-electron chi connectivity index (χ3n) is 5.26. The van der Waals surface area contributed by atoms with Gasteiger partial charge in [-0.2, -0.15) is 0 Å². The summed E-state index contributed by atoms with van der Waals surface area (Å²) < 4.78 is 0. The van der Waals surface area contributed by atoms with Crippen molar-refractivity contribution in [1.82, 2.24) is 19.9 Å². The maximum Gasteiger partial charge on any atom is 0.219 e. The fourth-order valence-electron chi connectivity index (χ4n) is 3.64. The van der Waals surface area contributed by atoms with Gasteiger partial charge in [0.05, 0.1) is 0 Å². The number of carbonyl (C=O) groups excluding carboxylic acids is 1. The van der Waals surface area contributed by atoms with Crippen LogP contribution < -0.4 is 14.7 Å². The molecule has 0 atom stereocenters. The van der Waals surface area contributed by atoms with E-state index in [2.05, 4.69) is 41.8 Å². The SMILES string of the molecule is CC(=O)N1CCN(c2cc(N3CCN(c4ccccn4)CC3)ncn2)CC1. The van der Waals surface area contributed by atoms with E-state index in [1.54, 1.807) is 13.3 Å². The summed E-state index contributed by atoms with van der Waals surface area (Å²) in [7, 11) is 0. The quantitative estimate of drug-likeness (QED) is 0.797. The molecule has 4 heterocycles. The van der Waals surface area contributed by atoms with Crippen LogP contribution in [0.15, 0.2) is 36.8 Å². The van der Waals surface area contributed by atoms with Crippen LogP contribution in [0.5, 0.6) is 0 Å². The third kappa shape index (κ3) is 3.94. The lowest BCUT2D eigenvalue weighted by Crippen LogP contribution is -2.48. The van der Waals surface area contributed by atoms with Crippen molar-refractivity contribution in [3.63, 3.8) is 0 Å². The highest BCUT2D eigenvalue weighted by Crippen LogP contribution is 2.21. The van der Waals surface area contributed by atoms with Crippen molar-refractivity contribution in [3.05, 3.63) is 36.8 Å². The standard InChI is InChI=1S/C19H25N7O/c1-16(27)23-6-8-25(9-7-23)18-14-19(22-15-21-18)26-12-10-24(11-13-26)17-4-2-3-5-20-17/h2-5,14-15H,6-13H2,1H3. The van der Waals surface area contributed by atoms with Crippen molar-refractivity contribution in [2.45, 2.75) is 6.92 Å². The van der Waals surface area contributed by atoms with Gasteiger partial charge in [0.15, 0.2) is 0 Å². The van der Waals surface area contributed by atoms with Gasteiger partial charge in [0.25, 0.3) is 0 Å². The summed E-state index contributed by atoms with van der Waals surface area (Å²) in [4.78, 5) is 33.6. The normalized spacial score (nSPS) is 18.0. The topological polar surface area (TPSA) is 68.7 Å². The average molecular weight is 367 g/mol. The van der Waals surface area contributed by atoms with Crippen molar-refractivity contribution >= 4 is 23.4 Å². The smallest absolute Gasteiger partial charge is 0.219 e. The Hall–Kier alpha value is -2.90. The van der Waals surface area contributed by atoms with Crippen LogP contribution in [0.4, 0.5) is 17.5 Å². The van der Waals surface area contributed by atoms with Gasteiger partial charge in [-0.15, -0.1) is 0 Å². The summed E-state index contributed by atoms with van der Waals surface area (Å²) in [6.07, 6.45) is 3.48. The molecule has 2 aromatic rings. The summed E-state index contributed by atoms with van der Waals surface area (Å²) in [6, 6.07) is 8.09. The monoisotopic (exact) mass is 367 g/mol. The van der Waals surface area contributed by atoms with E-state index in [0.717, 1.165) is 69.8 Å². The van der Waals surface area contributed by atoms with Crippen LogP contribution in [0.1, 0.15) is 6.92 Å². The molecule has 0 radical (unpaired) electrons. The molecule has 2 fully saturated rings. The molecule has 0 bridgehead atoms. The van der Waals surface area contributed by atoms with E-state index >= 15 is 0 Å². The van der Waals surface area contributed by atoms with Gasteiger partial charge < -0.3 is 19.6 Å². The maximum atomic E-state index is 11.5. The zero-order valence-electron chi connectivity index (χ0n) is 15.7. The molecule has 0 spiro atoms. The zero-order valence-corrected chi connectivity index (χ0v) is 15.7. The highest BCUT2D eigenvalue weighted by molar-refractivity contribution is 5.73. The minimum absolute atomic E-state index is 0.142. The molecule has 8 heteroatoms. The number of pyridine rings is 1. The van der Waals surface area contributed by atoms with E-state index in [-0.39, 0.29) is 5.91 Å². The zero-order chi connectivity index (χ0) is 18.6. The van der Waals surface area contributed by atoms with E-state index in [4.69, 9.17) is 0 Å². The minimum Gasteiger partial charge on any atom is -0.353 e. The van der Waals surface area contributed by atoms with Crippen LogP contribution >= 0.6 is 0 Å². The Kier molecular flexibility index (Phi) is 5.04. The van der Waals surface area contributed by atoms with Crippen LogP contribution in [-0.4, -0.2) is 78.1 Å². The number of nitrogens with zero attached hydrogens (tertiary/aromatic N) is 7. The molecular formula is C19H25N7O. The van der Waals surface area contributed by atoms with Crippen molar-refractivity contribution in [3.8, 4) is 0 Å². The second kappa shape index (κ2) is 7.77. The molecule has 142 valence electrons. The van der Waals surface area contributed by atoms with Gasteiger partial charge in [-0.3, -0.25) is 4.79 Å². The number of amides is 1. The number of hydrogen-bond acceptors (Lipinski definition) is 7. The van der Waals surface area contributed by atoms with E-state index in [1.807, 2.05) is 23.2 Å². The molecule has 2 aliphatic rings. The van der Waals surface area contributed by atoms with Gasteiger partial charge in [-0.25, -0.2) is 15.0 Å². The van der Waals surface area contributed by atoms with Crippen LogP contribution in [-0.2, 0) is 4.79 Å². The lowest BCUT2D eigenvalue weighted by atomic mass is 10.2. The second-order valence-corrected chi connectivity index (χ2v) is 6.89. The molecule has 2 saturated heterocycles. The van der Waals surface area contributed by atoms with Gasteiger partial charge in [0.2, 0.25) is 5.91 Å². The van der Waals surface area contributed by atoms with Crippen molar-refractivity contribution in [1.29, 1.82) is 0 Å². The van der Waals surface area contributed by atoms with Crippen LogP contribution in [0.25, 0.3) is 0 Å². The molecule has 2 aliphatic heterocycles. The number of rotatable bonds is 3. The first-order valence-corrected chi connectivity index (χ1v) is 9.44. The van der Waals surface area contributed by atoms with Gasteiger partial charge >= 0.3 is 0 Å². The van der Waals surface area contributed by atoms with Crippen LogP contribution in [0, 0.1) is 0 Å². The maximum absolute atomic E-state index is 11.5. The number of aromatic nitrogens is 3. The van der Waals surface area contributed by atoms with Crippen LogP contribution in [0.3, 0.4) is 0 Å². The highest BCUT2D eigenvalue weighted by atomic mass is 16.2. The van der Waals surface area contributed by atoms with Gasteiger partial charge in [-0.1, -0.05) is 6.07 Å². The largest absolute Gasteiger partial charge is 0.353 e. The number of piperazine rings is 2. The lowest BCUT2D eigenvalue weighted by Gasteiger charge is -2.37. The first-order chi connectivity index (χ1) is 13.2. The molecule has 0 N–H and O–H groups in total. The molecule has 0 aliphatic carbocycles. The van der Waals surface area contributed by atoms with Crippen molar-refractivity contribution in [2.24, 2.45) is 0 Å². The van der Waals surface area contributed by atoms with E-state index in [1.165, 1.54) is 0 Å². The Morgan fingerprint density at radius 2 is 1.33 bits per heavy atom. The molecule has 27 heavy (non-hydrogen) atoms. The Morgan fingerprint density at radius 1 is 0.778 bits per heavy atom. The fourth-order valence-corrected chi connectivity index (χ4v) is 3.64. The summed E-state index contributed by atoms with van der Waals surface area (Å²) in [6.45, 7) is 8.41. The summed E-state index contributed by atoms with van der Waals surface area (Å²) >= 11 is 0. The highest BCUT2D eigenvalue weighted by Gasteiger charge is 2.22. The lowest BCUT2D eigenvalue weighted by molar-refractivity contribution is -0.129. The Morgan fingerprint density at radius 3 is 1.85 bits per heavy atom. The van der Waals surface area contributed by atoms with E-state index in [0.29, 0.717) is 0 Å². The van der Waals surface area contributed by atoms with Gasteiger partial charge in [0, 0.05) is 71.5 Å². The predicted molar refractivity (Wildman–Crippen MR) is 105 cm³/mol. The first-order valence-electron chi connectivity index (χ1n) is 9.44. The molecule has 1 amide bonds. The Labute approximate surface area is 159 Å². The third-order valence-corrected chi connectivity index (χ3v) is 5.26. The molecule has 2 aromatic heterocycles. The number of hydrogen-bond donors (Lipinski definition) is 0. The molecule has 0 unspecified atom stereocenters. The summed E-state index contributed by atoms with van der Waals surface area (Å²) in [5, 5.41) is 0. The number of anilines is 3. The van der Waals surface area contributed by atoms with Crippen molar-refractivity contribution < 1.29 is 4.79 Å². The first kappa shape index (κ1) is 17.5. The van der Waals surface area contributed by atoms with Gasteiger partial charge in [0.1, 0.15) is 23.8 Å². The van der Waals surface area contributed by atoms with E-state index < -0.39 is 0 Å². The predicted octanol–water partition coefficient (Wildman–Crippen LogP) is 0.867. The molecule has 8 nitrogen and oxygen atoms in total. The van der Waals surface area contributed by atoms with Gasteiger partial charge in [-0.05, 0) is 12.1 Å². The Balaban J connectivity index is 1.38. The summed E-state index contributed by atoms with van der Waals surface area (Å²) in [5.74, 6) is 3.08. The fraction of sp³-hybridized carbons (Fsp3) is 0.474.